The zero-order chi connectivity index (χ0) is 23.4. The van der Waals surface area contributed by atoms with Gasteiger partial charge in [-0.25, -0.2) is 4.79 Å². The molecule has 0 bridgehead atoms. The minimum Gasteiger partial charge on any atom is -0.466 e. The Bertz CT molecular complexity index is 637. The lowest BCUT2D eigenvalue weighted by Gasteiger charge is -2.48. The number of carbonyl (C=O) groups excluding carboxylic acids is 2. The van der Waals surface area contributed by atoms with Crippen molar-refractivity contribution in [2.75, 3.05) is 39.9 Å². The van der Waals surface area contributed by atoms with E-state index in [1.165, 1.54) is 0 Å². The van der Waals surface area contributed by atoms with Gasteiger partial charge in [0.2, 0.25) is 0 Å². The number of hydrogen-bond acceptors (Lipinski definition) is 8. The van der Waals surface area contributed by atoms with Crippen LogP contribution in [0.4, 0.5) is 0 Å². The van der Waals surface area contributed by atoms with E-state index in [1.807, 2.05) is 27.7 Å². The van der Waals surface area contributed by atoms with Gasteiger partial charge in [-0.2, -0.15) is 0 Å². The molecule has 0 aromatic carbocycles. The lowest BCUT2D eigenvalue weighted by molar-refractivity contribution is -0.275. The van der Waals surface area contributed by atoms with Crippen molar-refractivity contribution in [2.45, 2.75) is 96.3 Å². The summed E-state index contributed by atoms with van der Waals surface area (Å²) in [7, 11) is 1.72. The maximum Gasteiger partial charge on any atom is 0.371 e. The van der Waals surface area contributed by atoms with Gasteiger partial charge in [0, 0.05) is 33.3 Å². The maximum absolute atomic E-state index is 13.8. The summed E-state index contributed by atoms with van der Waals surface area (Å²) >= 11 is 0. The molecule has 3 fully saturated rings. The van der Waals surface area contributed by atoms with Crippen LogP contribution in [-0.2, 0) is 28.5 Å². The van der Waals surface area contributed by atoms with Crippen LogP contribution in [0.25, 0.3) is 0 Å². The van der Waals surface area contributed by atoms with Crippen LogP contribution in [0.5, 0.6) is 0 Å². The van der Waals surface area contributed by atoms with Crippen molar-refractivity contribution < 1.29 is 28.5 Å². The third-order valence-corrected chi connectivity index (χ3v) is 6.73. The molecule has 3 rings (SSSR count). The highest BCUT2D eigenvalue weighted by atomic mass is 16.6. The van der Waals surface area contributed by atoms with E-state index >= 15 is 0 Å². The van der Waals surface area contributed by atoms with Crippen LogP contribution < -0.4 is 0 Å². The van der Waals surface area contributed by atoms with Crippen LogP contribution in [0.2, 0.25) is 0 Å². The van der Waals surface area contributed by atoms with Crippen molar-refractivity contribution in [3.63, 3.8) is 0 Å². The van der Waals surface area contributed by atoms with Gasteiger partial charge in [0.1, 0.15) is 5.60 Å². The molecule has 2 aliphatic heterocycles. The van der Waals surface area contributed by atoms with E-state index in [4.69, 9.17) is 18.9 Å². The molecule has 2 heterocycles. The fourth-order valence-electron chi connectivity index (χ4n) is 5.12. The number of likely N-dealkylation sites (tertiary alicyclic amines) is 2. The fourth-order valence-corrected chi connectivity index (χ4v) is 5.12. The van der Waals surface area contributed by atoms with Crippen LogP contribution in [-0.4, -0.2) is 85.3 Å². The van der Waals surface area contributed by atoms with Gasteiger partial charge in [-0.05, 0) is 72.6 Å². The molecule has 0 spiro atoms. The van der Waals surface area contributed by atoms with E-state index in [-0.39, 0.29) is 30.1 Å². The summed E-state index contributed by atoms with van der Waals surface area (Å²) in [6, 6.07) is 0. The third-order valence-electron chi connectivity index (χ3n) is 6.73. The highest BCUT2D eigenvalue weighted by molar-refractivity contribution is 5.79. The SMILES string of the molecule is CCOC(=O)C1CCC(OC(C(=O)OC(C)(C)C)(N2CCCC2)N2CC[C@H](OC)C2)CC1. The van der Waals surface area contributed by atoms with Crippen molar-refractivity contribution >= 4 is 11.9 Å². The monoisotopic (exact) mass is 454 g/mol. The predicted octanol–water partition coefficient (Wildman–Crippen LogP) is 2.94. The Morgan fingerprint density at radius 1 is 0.906 bits per heavy atom. The molecule has 0 aromatic rings. The van der Waals surface area contributed by atoms with Crippen LogP contribution >= 0.6 is 0 Å². The number of nitrogens with zero attached hydrogens (tertiary/aromatic N) is 2. The van der Waals surface area contributed by atoms with Crippen molar-refractivity contribution in [1.29, 1.82) is 0 Å². The van der Waals surface area contributed by atoms with E-state index in [0.29, 0.717) is 32.5 Å². The Kier molecular flexibility index (Phi) is 8.58. The Hall–Kier alpha value is -1.22. The molecule has 0 aromatic heterocycles. The summed E-state index contributed by atoms with van der Waals surface area (Å²) in [6.07, 6.45) is 5.76. The molecule has 32 heavy (non-hydrogen) atoms. The van der Waals surface area contributed by atoms with E-state index < -0.39 is 11.4 Å². The minimum absolute atomic E-state index is 0.0718. The van der Waals surface area contributed by atoms with Gasteiger partial charge in [-0.3, -0.25) is 14.6 Å². The van der Waals surface area contributed by atoms with Crippen molar-refractivity contribution in [1.82, 2.24) is 9.80 Å². The molecule has 0 radical (unpaired) electrons. The Balaban J connectivity index is 1.84. The Morgan fingerprint density at radius 3 is 2.09 bits per heavy atom. The third kappa shape index (κ3) is 5.82. The summed E-state index contributed by atoms with van der Waals surface area (Å²) < 4.78 is 23.6. The van der Waals surface area contributed by atoms with Gasteiger partial charge < -0.3 is 18.9 Å². The second kappa shape index (κ2) is 10.8. The number of carbonyl (C=O) groups is 2. The summed E-state index contributed by atoms with van der Waals surface area (Å²) in [5, 5.41) is 0. The highest BCUT2D eigenvalue weighted by Gasteiger charge is 2.56. The molecule has 1 saturated carbocycles. The van der Waals surface area contributed by atoms with Gasteiger partial charge in [-0.1, -0.05) is 0 Å². The molecule has 0 amide bonds. The zero-order valence-electron chi connectivity index (χ0n) is 20.6. The average molecular weight is 455 g/mol. The summed E-state index contributed by atoms with van der Waals surface area (Å²) in [6.45, 7) is 10.9. The number of esters is 2. The average Bonchev–Trinajstić information content (AvgIpc) is 3.44. The second-order valence-electron chi connectivity index (χ2n) is 10.2. The summed E-state index contributed by atoms with van der Waals surface area (Å²) in [5.74, 6) is -1.79. The van der Waals surface area contributed by atoms with Gasteiger partial charge in [0.25, 0.3) is 5.85 Å². The van der Waals surface area contributed by atoms with Crippen LogP contribution in [0.3, 0.4) is 0 Å². The number of hydrogen-bond donors (Lipinski definition) is 0. The Morgan fingerprint density at radius 2 is 1.56 bits per heavy atom. The molecule has 2 atom stereocenters. The first-order valence-electron chi connectivity index (χ1n) is 12.3. The van der Waals surface area contributed by atoms with Gasteiger partial charge in [0.05, 0.1) is 24.7 Å². The quantitative estimate of drug-likeness (QED) is 0.518. The first-order chi connectivity index (χ1) is 15.2. The number of rotatable bonds is 8. The fraction of sp³-hybridized carbons (Fsp3) is 0.917. The highest BCUT2D eigenvalue weighted by Crippen LogP contribution is 2.38. The first-order valence-corrected chi connectivity index (χ1v) is 12.3. The maximum atomic E-state index is 13.8. The number of ether oxygens (including phenoxy) is 4. The van der Waals surface area contributed by atoms with Crippen molar-refractivity contribution in [3.8, 4) is 0 Å². The number of methoxy groups -OCH3 is 1. The molecule has 0 N–H and O–H groups in total. The summed E-state index contributed by atoms with van der Waals surface area (Å²) in [4.78, 5) is 30.3. The van der Waals surface area contributed by atoms with Crippen molar-refractivity contribution in [3.05, 3.63) is 0 Å². The molecule has 8 nitrogen and oxygen atoms in total. The van der Waals surface area contributed by atoms with E-state index in [9.17, 15) is 9.59 Å². The minimum atomic E-state index is -1.25. The molecule has 2 saturated heterocycles. The summed E-state index contributed by atoms with van der Waals surface area (Å²) in [5.41, 5.74) is -0.618. The largest absolute Gasteiger partial charge is 0.466 e. The first kappa shape index (κ1) is 25.4. The van der Waals surface area contributed by atoms with Crippen LogP contribution in [0.1, 0.15) is 72.6 Å². The molecule has 3 aliphatic rings. The molecule has 184 valence electrons. The molecule has 1 unspecified atom stereocenters. The lowest BCUT2D eigenvalue weighted by Crippen LogP contribution is -2.68. The van der Waals surface area contributed by atoms with Crippen LogP contribution in [0, 0.1) is 5.92 Å². The van der Waals surface area contributed by atoms with E-state index in [2.05, 4.69) is 9.80 Å². The lowest BCUT2D eigenvalue weighted by atomic mass is 9.87. The van der Waals surface area contributed by atoms with Gasteiger partial charge in [0.15, 0.2) is 0 Å². The Labute approximate surface area is 192 Å². The zero-order valence-corrected chi connectivity index (χ0v) is 20.6. The van der Waals surface area contributed by atoms with E-state index in [0.717, 1.165) is 45.2 Å². The smallest absolute Gasteiger partial charge is 0.371 e. The molecular weight excluding hydrogens is 412 g/mol. The predicted molar refractivity (Wildman–Crippen MR) is 120 cm³/mol. The molecule has 8 heteroatoms. The van der Waals surface area contributed by atoms with Gasteiger partial charge >= 0.3 is 11.9 Å². The van der Waals surface area contributed by atoms with Crippen LogP contribution in [0.15, 0.2) is 0 Å². The standard InChI is InChI=1S/C24H42N2O6/c1-6-30-21(27)18-9-11-19(12-10-18)31-24(25-14-7-8-15-25,22(28)32-23(2,3)4)26-16-13-20(17-26)29-5/h18-20H,6-17H2,1-5H3/t18?,19?,20-,24?/m0/s1. The molecular formula is C24H42N2O6. The van der Waals surface area contributed by atoms with E-state index in [1.54, 1.807) is 7.11 Å². The normalized spacial score (nSPS) is 29.6. The second-order valence-corrected chi connectivity index (χ2v) is 10.2. The molecule has 1 aliphatic carbocycles. The topological polar surface area (TPSA) is 77.5 Å². The van der Waals surface area contributed by atoms with Gasteiger partial charge in [-0.15, -0.1) is 0 Å². The van der Waals surface area contributed by atoms with Crippen molar-refractivity contribution in [2.24, 2.45) is 5.92 Å².